The van der Waals surface area contributed by atoms with Gasteiger partial charge >= 0.3 is 0 Å². The third-order valence-corrected chi connectivity index (χ3v) is 4.69. The molecule has 0 aromatic rings. The highest BCUT2D eigenvalue weighted by molar-refractivity contribution is 4.46. The Morgan fingerprint density at radius 1 is 0.393 bits per heavy atom. The van der Waals surface area contributed by atoms with E-state index in [0.717, 1.165) is 12.8 Å². The normalized spacial score (nSPS) is 10.1. The van der Waals surface area contributed by atoms with E-state index < -0.39 is 0 Å². The van der Waals surface area contributed by atoms with Crippen LogP contribution in [0.3, 0.4) is 0 Å². The van der Waals surface area contributed by atoms with Crippen molar-refractivity contribution < 1.29 is 10.2 Å². The van der Waals surface area contributed by atoms with E-state index in [2.05, 4.69) is 13.8 Å². The van der Waals surface area contributed by atoms with Gasteiger partial charge in [-0.25, -0.2) is 0 Å². The van der Waals surface area contributed by atoms with Crippen molar-refractivity contribution in [1.82, 2.24) is 0 Å². The SMILES string of the molecule is CCCCCCCCCCCO.CCCCCCCCCCCO.NCCN. The molecule has 0 bridgehead atoms. The van der Waals surface area contributed by atoms with Crippen molar-refractivity contribution in [2.45, 2.75) is 129 Å². The van der Waals surface area contributed by atoms with Crippen molar-refractivity contribution in [3.63, 3.8) is 0 Å². The van der Waals surface area contributed by atoms with Crippen LogP contribution in [0.25, 0.3) is 0 Å². The molecule has 174 valence electrons. The zero-order valence-electron chi connectivity index (χ0n) is 19.6. The largest absolute Gasteiger partial charge is 0.396 e. The third-order valence-electron chi connectivity index (χ3n) is 4.69. The lowest BCUT2D eigenvalue weighted by Crippen LogP contribution is -2.11. The van der Waals surface area contributed by atoms with Crippen molar-refractivity contribution in [3.05, 3.63) is 0 Å². The molecule has 0 radical (unpaired) electrons. The van der Waals surface area contributed by atoms with Gasteiger partial charge in [-0.15, -0.1) is 0 Å². The summed E-state index contributed by atoms with van der Waals surface area (Å²) in [4.78, 5) is 0. The standard InChI is InChI=1S/2C11H24O.C2H8N2/c2*1-2-3-4-5-6-7-8-9-10-11-12;3-1-2-4/h2*12H,2-11H2,1H3;1-4H2. The van der Waals surface area contributed by atoms with E-state index in [0.29, 0.717) is 26.3 Å². The Bertz CT molecular complexity index is 175. The second kappa shape index (κ2) is 37.6. The zero-order valence-corrected chi connectivity index (χ0v) is 19.6. The van der Waals surface area contributed by atoms with Crippen LogP contribution in [0.4, 0.5) is 0 Å². The molecule has 28 heavy (non-hydrogen) atoms. The average molecular weight is 405 g/mol. The van der Waals surface area contributed by atoms with Crippen LogP contribution in [0.15, 0.2) is 0 Å². The molecule has 0 aromatic carbocycles. The number of aliphatic hydroxyl groups excluding tert-OH is 2. The molecule has 0 fully saturated rings. The van der Waals surface area contributed by atoms with E-state index in [1.54, 1.807) is 0 Å². The second-order valence-corrected chi connectivity index (χ2v) is 7.68. The molecule has 0 unspecified atom stereocenters. The van der Waals surface area contributed by atoms with E-state index in [4.69, 9.17) is 21.7 Å². The Balaban J connectivity index is -0.000000375. The molecule has 0 spiro atoms. The van der Waals surface area contributed by atoms with Crippen molar-refractivity contribution >= 4 is 0 Å². The maximum Gasteiger partial charge on any atom is 0.0431 e. The number of hydrogen-bond acceptors (Lipinski definition) is 4. The fourth-order valence-corrected chi connectivity index (χ4v) is 2.84. The van der Waals surface area contributed by atoms with Gasteiger partial charge in [0.15, 0.2) is 0 Å². The van der Waals surface area contributed by atoms with Gasteiger partial charge in [-0.05, 0) is 12.8 Å². The zero-order chi connectivity index (χ0) is 21.6. The molecule has 0 atom stereocenters. The van der Waals surface area contributed by atoms with Crippen LogP contribution in [0.2, 0.25) is 0 Å². The molecular formula is C24H56N2O2. The molecule has 4 nitrogen and oxygen atoms in total. The molecular weight excluding hydrogens is 348 g/mol. The minimum Gasteiger partial charge on any atom is -0.396 e. The first kappa shape index (κ1) is 32.5. The fourth-order valence-electron chi connectivity index (χ4n) is 2.84. The van der Waals surface area contributed by atoms with Gasteiger partial charge in [-0.2, -0.15) is 0 Å². The van der Waals surface area contributed by atoms with E-state index in [-0.39, 0.29) is 0 Å². The van der Waals surface area contributed by atoms with Gasteiger partial charge in [-0.3, -0.25) is 0 Å². The van der Waals surface area contributed by atoms with Crippen molar-refractivity contribution in [2.75, 3.05) is 26.3 Å². The first-order valence-corrected chi connectivity index (χ1v) is 12.4. The monoisotopic (exact) mass is 404 g/mol. The lowest BCUT2D eigenvalue weighted by atomic mass is 10.1. The number of rotatable bonds is 19. The third kappa shape index (κ3) is 44.9. The summed E-state index contributed by atoms with van der Waals surface area (Å²) in [6.07, 6.45) is 23.7. The van der Waals surface area contributed by atoms with Crippen LogP contribution in [-0.4, -0.2) is 36.5 Å². The summed E-state index contributed by atoms with van der Waals surface area (Å²) in [5, 5.41) is 17.1. The highest BCUT2D eigenvalue weighted by atomic mass is 16.3. The molecule has 0 heterocycles. The Labute approximate surface area is 177 Å². The summed E-state index contributed by atoms with van der Waals surface area (Å²) in [6, 6.07) is 0. The predicted octanol–water partition coefficient (Wildman–Crippen LogP) is 5.92. The summed E-state index contributed by atoms with van der Waals surface area (Å²) in [7, 11) is 0. The predicted molar refractivity (Wildman–Crippen MR) is 127 cm³/mol. The van der Waals surface area contributed by atoms with Crippen LogP contribution >= 0.6 is 0 Å². The van der Waals surface area contributed by atoms with E-state index in [1.807, 2.05) is 0 Å². The molecule has 0 amide bonds. The minimum absolute atomic E-state index is 0.371. The Morgan fingerprint density at radius 2 is 0.607 bits per heavy atom. The first-order valence-electron chi connectivity index (χ1n) is 12.4. The number of unbranched alkanes of at least 4 members (excludes halogenated alkanes) is 16. The van der Waals surface area contributed by atoms with Gasteiger partial charge in [0.1, 0.15) is 0 Å². The minimum atomic E-state index is 0.371. The van der Waals surface area contributed by atoms with Gasteiger partial charge in [0, 0.05) is 26.3 Å². The summed E-state index contributed by atoms with van der Waals surface area (Å²) in [5.74, 6) is 0. The average Bonchev–Trinajstić information content (AvgIpc) is 2.73. The number of hydrogen-bond donors (Lipinski definition) is 4. The summed E-state index contributed by atoms with van der Waals surface area (Å²) < 4.78 is 0. The topological polar surface area (TPSA) is 92.5 Å². The highest BCUT2D eigenvalue weighted by Crippen LogP contribution is 2.09. The Morgan fingerprint density at radius 3 is 0.786 bits per heavy atom. The van der Waals surface area contributed by atoms with Crippen molar-refractivity contribution in [1.29, 1.82) is 0 Å². The maximum absolute atomic E-state index is 8.54. The highest BCUT2D eigenvalue weighted by Gasteiger charge is 1.91. The smallest absolute Gasteiger partial charge is 0.0431 e. The molecule has 4 heteroatoms. The van der Waals surface area contributed by atoms with Crippen molar-refractivity contribution in [3.8, 4) is 0 Å². The van der Waals surface area contributed by atoms with Crippen LogP contribution < -0.4 is 11.5 Å². The molecule has 0 aromatic heterocycles. The molecule has 0 saturated carbocycles. The fraction of sp³-hybridized carbons (Fsp3) is 1.00. The molecule has 0 aliphatic carbocycles. The van der Waals surface area contributed by atoms with Crippen molar-refractivity contribution in [2.24, 2.45) is 11.5 Å². The molecule has 0 aliphatic heterocycles. The Hall–Kier alpha value is -0.160. The molecule has 0 rings (SSSR count). The summed E-state index contributed by atoms with van der Waals surface area (Å²) in [5.41, 5.74) is 9.81. The number of aliphatic hydroxyl groups is 2. The summed E-state index contributed by atoms with van der Waals surface area (Å²) in [6.45, 7) is 6.44. The van der Waals surface area contributed by atoms with Crippen LogP contribution in [0.5, 0.6) is 0 Å². The van der Waals surface area contributed by atoms with E-state index in [1.165, 1.54) is 103 Å². The van der Waals surface area contributed by atoms with Gasteiger partial charge in [0.25, 0.3) is 0 Å². The molecule has 6 N–H and O–H groups in total. The van der Waals surface area contributed by atoms with Crippen LogP contribution in [-0.2, 0) is 0 Å². The first-order chi connectivity index (χ1) is 13.7. The molecule has 0 aliphatic rings. The lowest BCUT2D eigenvalue weighted by molar-refractivity contribution is 0.282. The summed E-state index contributed by atoms with van der Waals surface area (Å²) >= 11 is 0. The van der Waals surface area contributed by atoms with E-state index in [9.17, 15) is 0 Å². The maximum atomic E-state index is 8.54. The van der Waals surface area contributed by atoms with Gasteiger partial charge in [0.2, 0.25) is 0 Å². The van der Waals surface area contributed by atoms with Gasteiger partial charge in [0.05, 0.1) is 0 Å². The van der Waals surface area contributed by atoms with Gasteiger partial charge in [-0.1, -0.05) is 117 Å². The van der Waals surface area contributed by atoms with Crippen LogP contribution in [0, 0.1) is 0 Å². The number of nitrogens with two attached hydrogens (primary N) is 2. The van der Waals surface area contributed by atoms with E-state index >= 15 is 0 Å². The van der Waals surface area contributed by atoms with Gasteiger partial charge < -0.3 is 21.7 Å². The molecule has 0 saturated heterocycles. The quantitative estimate of drug-likeness (QED) is 0.201. The second-order valence-electron chi connectivity index (χ2n) is 7.68. The van der Waals surface area contributed by atoms with Crippen LogP contribution in [0.1, 0.15) is 129 Å². The Kier molecular flexibility index (Phi) is 43.6. The lowest BCUT2D eigenvalue weighted by Gasteiger charge is -1.99.